The lowest BCUT2D eigenvalue weighted by Gasteiger charge is -2.09. The molecule has 0 aromatic carbocycles. The van der Waals surface area contributed by atoms with Gasteiger partial charge in [0, 0.05) is 23.7 Å². The van der Waals surface area contributed by atoms with Crippen molar-refractivity contribution in [3.05, 3.63) is 28.2 Å². The molecule has 2 nitrogen and oxygen atoms in total. The van der Waals surface area contributed by atoms with Crippen LogP contribution in [0.2, 0.25) is 0 Å². The molecule has 0 spiro atoms. The molecule has 0 bridgehead atoms. The van der Waals surface area contributed by atoms with Crippen molar-refractivity contribution >= 4 is 11.3 Å². The first-order valence-corrected chi connectivity index (χ1v) is 5.33. The highest BCUT2D eigenvalue weighted by Gasteiger charge is 2.03. The molecule has 3 heteroatoms. The highest BCUT2D eigenvalue weighted by Crippen LogP contribution is 2.15. The molecular formula is C10H16N2S. The van der Waals surface area contributed by atoms with Crippen molar-refractivity contribution < 1.29 is 0 Å². The van der Waals surface area contributed by atoms with E-state index in [9.17, 15) is 0 Å². The molecule has 72 valence electrons. The fourth-order valence-electron chi connectivity index (χ4n) is 0.980. The molecule has 1 aromatic heterocycles. The Bertz CT molecular complexity index is 260. The van der Waals surface area contributed by atoms with Crippen LogP contribution in [0.25, 0.3) is 0 Å². The van der Waals surface area contributed by atoms with Gasteiger partial charge in [0.25, 0.3) is 0 Å². The van der Waals surface area contributed by atoms with Crippen molar-refractivity contribution in [1.82, 2.24) is 10.3 Å². The van der Waals surface area contributed by atoms with E-state index in [0.29, 0.717) is 6.04 Å². The first-order chi connectivity index (χ1) is 6.20. The van der Waals surface area contributed by atoms with Gasteiger partial charge in [-0.3, -0.25) is 4.98 Å². The van der Waals surface area contributed by atoms with Gasteiger partial charge in [-0.15, -0.1) is 11.3 Å². The van der Waals surface area contributed by atoms with Gasteiger partial charge >= 0.3 is 0 Å². The van der Waals surface area contributed by atoms with Gasteiger partial charge < -0.3 is 5.32 Å². The summed E-state index contributed by atoms with van der Waals surface area (Å²) >= 11 is 1.70. The molecule has 13 heavy (non-hydrogen) atoms. The van der Waals surface area contributed by atoms with E-state index < -0.39 is 0 Å². The van der Waals surface area contributed by atoms with Crippen LogP contribution in [0.5, 0.6) is 0 Å². The van der Waals surface area contributed by atoms with Gasteiger partial charge in [-0.2, -0.15) is 0 Å². The lowest BCUT2D eigenvalue weighted by atomic mass is 10.3. The molecule has 0 saturated heterocycles. The Morgan fingerprint density at radius 2 is 2.46 bits per heavy atom. The first-order valence-electron chi connectivity index (χ1n) is 4.45. The summed E-state index contributed by atoms with van der Waals surface area (Å²) in [6.45, 7) is 7.31. The highest BCUT2D eigenvalue weighted by molar-refractivity contribution is 7.09. The number of nitrogens with one attached hydrogen (secondary N) is 1. The van der Waals surface area contributed by atoms with E-state index in [0.717, 1.165) is 6.54 Å². The fourth-order valence-corrected chi connectivity index (χ4v) is 1.63. The predicted molar refractivity (Wildman–Crippen MR) is 58.0 cm³/mol. The maximum atomic E-state index is 4.05. The van der Waals surface area contributed by atoms with Crippen LogP contribution in [-0.2, 0) is 0 Å². The molecular weight excluding hydrogens is 180 g/mol. The average Bonchev–Trinajstić information content (AvgIpc) is 2.55. The number of hydrogen-bond donors (Lipinski definition) is 1. The number of nitrogens with zero attached hydrogens (tertiary/aromatic N) is 1. The summed E-state index contributed by atoms with van der Waals surface area (Å²) in [4.78, 5) is 5.34. The smallest absolute Gasteiger partial charge is 0.0794 e. The van der Waals surface area contributed by atoms with Gasteiger partial charge in [0.1, 0.15) is 0 Å². The van der Waals surface area contributed by atoms with Crippen molar-refractivity contribution in [2.24, 2.45) is 0 Å². The normalized spacial score (nSPS) is 12.5. The number of aromatic nitrogens is 1. The van der Waals surface area contributed by atoms with Crippen LogP contribution in [0.1, 0.15) is 31.7 Å². The Morgan fingerprint density at radius 3 is 3.00 bits per heavy atom. The Hall–Kier alpha value is -0.670. The zero-order valence-electron chi connectivity index (χ0n) is 8.37. The van der Waals surface area contributed by atoms with Gasteiger partial charge in [-0.1, -0.05) is 11.6 Å². The molecule has 0 aliphatic carbocycles. The van der Waals surface area contributed by atoms with Crippen LogP contribution in [0, 0.1) is 0 Å². The average molecular weight is 196 g/mol. The number of hydrogen-bond acceptors (Lipinski definition) is 3. The lowest BCUT2D eigenvalue weighted by molar-refractivity contribution is 0.625. The molecule has 1 unspecified atom stereocenters. The largest absolute Gasteiger partial charge is 0.306 e. The van der Waals surface area contributed by atoms with Crippen molar-refractivity contribution in [1.29, 1.82) is 0 Å². The number of thiazole rings is 1. The van der Waals surface area contributed by atoms with Gasteiger partial charge in [-0.05, 0) is 20.8 Å². The highest BCUT2D eigenvalue weighted by atomic mass is 32.1. The molecule has 1 atom stereocenters. The molecule has 0 fully saturated rings. The summed E-state index contributed by atoms with van der Waals surface area (Å²) in [5.74, 6) is 0. The standard InChI is InChI=1S/C10H16N2S/c1-8(2)4-5-12-9(3)10-6-11-7-13-10/h4,6-7,9,12H,5H2,1-3H3. The van der Waals surface area contributed by atoms with Crippen LogP contribution in [-0.4, -0.2) is 11.5 Å². The molecule has 1 aromatic rings. The molecule has 0 amide bonds. The third-order valence-electron chi connectivity index (χ3n) is 1.81. The maximum Gasteiger partial charge on any atom is 0.0794 e. The lowest BCUT2D eigenvalue weighted by Crippen LogP contribution is -2.17. The van der Waals surface area contributed by atoms with E-state index in [1.54, 1.807) is 11.3 Å². The fraction of sp³-hybridized carbons (Fsp3) is 0.500. The summed E-state index contributed by atoms with van der Waals surface area (Å²) in [5.41, 5.74) is 3.22. The van der Waals surface area contributed by atoms with Crippen molar-refractivity contribution in [2.75, 3.05) is 6.54 Å². The monoisotopic (exact) mass is 196 g/mol. The van der Waals surface area contributed by atoms with Crippen LogP contribution in [0.3, 0.4) is 0 Å². The van der Waals surface area contributed by atoms with E-state index in [2.05, 4.69) is 37.1 Å². The summed E-state index contributed by atoms with van der Waals surface area (Å²) in [5, 5.41) is 3.41. The maximum absolute atomic E-state index is 4.05. The minimum Gasteiger partial charge on any atom is -0.306 e. The number of allylic oxidation sites excluding steroid dienone is 1. The second kappa shape index (κ2) is 5.14. The van der Waals surface area contributed by atoms with E-state index in [1.165, 1.54) is 10.5 Å². The Kier molecular flexibility index (Phi) is 4.12. The molecule has 1 N–H and O–H groups in total. The van der Waals surface area contributed by atoms with Gasteiger partial charge in [0.15, 0.2) is 0 Å². The van der Waals surface area contributed by atoms with Crippen LogP contribution in [0.15, 0.2) is 23.4 Å². The zero-order chi connectivity index (χ0) is 9.68. The van der Waals surface area contributed by atoms with Gasteiger partial charge in [0.2, 0.25) is 0 Å². The second-order valence-corrected chi connectivity index (χ2v) is 4.23. The van der Waals surface area contributed by atoms with Crippen molar-refractivity contribution in [3.63, 3.8) is 0 Å². The Morgan fingerprint density at radius 1 is 1.69 bits per heavy atom. The predicted octanol–water partition coefficient (Wildman–Crippen LogP) is 2.76. The summed E-state index contributed by atoms with van der Waals surface area (Å²) in [6, 6.07) is 0.406. The SMILES string of the molecule is CC(C)=CCNC(C)c1cncs1. The quantitative estimate of drug-likeness (QED) is 0.749. The summed E-state index contributed by atoms with van der Waals surface area (Å²) < 4.78 is 0. The first kappa shape index (κ1) is 10.4. The molecule has 0 aliphatic rings. The van der Waals surface area contributed by atoms with Crippen LogP contribution >= 0.6 is 11.3 Å². The zero-order valence-corrected chi connectivity index (χ0v) is 9.19. The van der Waals surface area contributed by atoms with E-state index in [1.807, 2.05) is 11.7 Å². The van der Waals surface area contributed by atoms with Crippen LogP contribution in [0.4, 0.5) is 0 Å². The van der Waals surface area contributed by atoms with Gasteiger partial charge in [-0.25, -0.2) is 0 Å². The third-order valence-corrected chi connectivity index (χ3v) is 2.77. The summed E-state index contributed by atoms with van der Waals surface area (Å²) in [7, 11) is 0. The second-order valence-electron chi connectivity index (χ2n) is 3.32. The molecule has 1 rings (SSSR count). The van der Waals surface area contributed by atoms with Crippen LogP contribution < -0.4 is 5.32 Å². The molecule has 0 saturated carbocycles. The van der Waals surface area contributed by atoms with E-state index in [4.69, 9.17) is 0 Å². The van der Waals surface area contributed by atoms with Gasteiger partial charge in [0.05, 0.1) is 5.51 Å². The molecule has 0 radical (unpaired) electrons. The third kappa shape index (κ3) is 3.70. The summed E-state index contributed by atoms with van der Waals surface area (Å²) in [6.07, 6.45) is 4.11. The minimum atomic E-state index is 0.406. The van der Waals surface area contributed by atoms with E-state index >= 15 is 0 Å². The molecule has 0 aliphatic heterocycles. The molecule has 1 heterocycles. The van der Waals surface area contributed by atoms with Crippen molar-refractivity contribution in [2.45, 2.75) is 26.8 Å². The topological polar surface area (TPSA) is 24.9 Å². The van der Waals surface area contributed by atoms with Crippen molar-refractivity contribution in [3.8, 4) is 0 Å². The Balaban J connectivity index is 2.34. The Labute approximate surface area is 83.7 Å². The number of rotatable bonds is 4. The van der Waals surface area contributed by atoms with E-state index in [-0.39, 0.29) is 0 Å². The minimum absolute atomic E-state index is 0.406.